The highest BCUT2D eigenvalue weighted by atomic mass is 16.5. The lowest BCUT2D eigenvalue weighted by Gasteiger charge is -2.21. The molecule has 0 aliphatic carbocycles. The van der Waals surface area contributed by atoms with E-state index in [1.165, 1.54) is 0 Å². The highest BCUT2D eigenvalue weighted by Gasteiger charge is 2.12. The summed E-state index contributed by atoms with van der Waals surface area (Å²) in [4.78, 5) is 12.3. The van der Waals surface area contributed by atoms with Crippen molar-refractivity contribution in [3.05, 3.63) is 59.7 Å². The third-order valence-corrected chi connectivity index (χ3v) is 3.02. The zero-order valence-electron chi connectivity index (χ0n) is 13.2. The molecule has 0 saturated heterocycles. The van der Waals surface area contributed by atoms with Crippen LogP contribution in [-0.4, -0.2) is 11.5 Å². The van der Waals surface area contributed by atoms with E-state index in [0.29, 0.717) is 12.1 Å². The van der Waals surface area contributed by atoms with Crippen LogP contribution in [0.5, 0.6) is 5.75 Å². The monoisotopic (exact) mass is 298 g/mol. The Morgan fingerprint density at radius 1 is 1.09 bits per heavy atom. The molecule has 0 atom stereocenters. The van der Waals surface area contributed by atoms with Gasteiger partial charge in [-0.3, -0.25) is 4.79 Å². The molecule has 2 aromatic rings. The standard InChI is InChI=1S/C18H22N2O2/c1-18(2,3)22-15-10-8-14(9-11-15)20-17(21)16-7-5-4-6-13(16)12-19/h4-11H,12,19H2,1-3H3,(H,20,21). The summed E-state index contributed by atoms with van der Waals surface area (Å²) in [7, 11) is 0. The zero-order valence-corrected chi connectivity index (χ0v) is 13.2. The number of nitrogens with one attached hydrogen (secondary N) is 1. The maximum Gasteiger partial charge on any atom is 0.255 e. The Morgan fingerprint density at radius 3 is 2.32 bits per heavy atom. The lowest BCUT2D eigenvalue weighted by Crippen LogP contribution is -2.22. The van der Waals surface area contributed by atoms with E-state index >= 15 is 0 Å². The van der Waals surface area contributed by atoms with Crippen molar-refractivity contribution < 1.29 is 9.53 Å². The first-order chi connectivity index (χ1) is 10.4. The Labute approximate surface area is 131 Å². The first-order valence-electron chi connectivity index (χ1n) is 7.27. The van der Waals surface area contributed by atoms with Gasteiger partial charge in [-0.15, -0.1) is 0 Å². The van der Waals surface area contributed by atoms with Crippen molar-refractivity contribution in [1.82, 2.24) is 0 Å². The van der Waals surface area contributed by atoms with Crippen LogP contribution in [0.4, 0.5) is 5.69 Å². The van der Waals surface area contributed by atoms with Gasteiger partial charge in [0.1, 0.15) is 11.4 Å². The van der Waals surface area contributed by atoms with Crippen LogP contribution in [-0.2, 0) is 6.54 Å². The van der Waals surface area contributed by atoms with E-state index in [9.17, 15) is 4.79 Å². The van der Waals surface area contributed by atoms with Gasteiger partial charge in [0.05, 0.1) is 0 Å². The van der Waals surface area contributed by atoms with Crippen LogP contribution in [0, 0.1) is 0 Å². The highest BCUT2D eigenvalue weighted by molar-refractivity contribution is 6.05. The summed E-state index contributed by atoms with van der Waals surface area (Å²) in [5.41, 5.74) is 7.56. The maximum atomic E-state index is 12.3. The minimum Gasteiger partial charge on any atom is -0.488 e. The molecule has 4 heteroatoms. The molecular weight excluding hydrogens is 276 g/mol. The van der Waals surface area contributed by atoms with Gasteiger partial charge in [-0.2, -0.15) is 0 Å². The minimum atomic E-state index is -0.245. The number of rotatable bonds is 4. The maximum absolute atomic E-state index is 12.3. The molecule has 0 aliphatic rings. The van der Waals surface area contributed by atoms with Gasteiger partial charge in [0, 0.05) is 17.8 Å². The van der Waals surface area contributed by atoms with E-state index < -0.39 is 0 Å². The van der Waals surface area contributed by atoms with E-state index in [2.05, 4.69) is 5.32 Å². The summed E-state index contributed by atoms with van der Waals surface area (Å²) in [6.07, 6.45) is 0. The van der Waals surface area contributed by atoms with Crippen molar-refractivity contribution in [2.75, 3.05) is 5.32 Å². The molecule has 0 heterocycles. The van der Waals surface area contributed by atoms with Crippen LogP contribution in [0.2, 0.25) is 0 Å². The highest BCUT2D eigenvalue weighted by Crippen LogP contribution is 2.21. The summed E-state index contributed by atoms with van der Waals surface area (Å²) in [6.45, 7) is 6.31. The van der Waals surface area contributed by atoms with Gasteiger partial charge < -0.3 is 15.8 Å². The second kappa shape index (κ2) is 6.62. The van der Waals surface area contributed by atoms with Crippen LogP contribution in [0.3, 0.4) is 0 Å². The van der Waals surface area contributed by atoms with Gasteiger partial charge >= 0.3 is 0 Å². The molecule has 0 radical (unpaired) electrons. The van der Waals surface area contributed by atoms with E-state index in [1.54, 1.807) is 6.07 Å². The molecule has 0 aliphatic heterocycles. The Hall–Kier alpha value is -2.33. The van der Waals surface area contributed by atoms with Gasteiger partial charge in [0.2, 0.25) is 0 Å². The van der Waals surface area contributed by atoms with Gasteiger partial charge in [0.15, 0.2) is 0 Å². The molecule has 2 aromatic carbocycles. The third-order valence-electron chi connectivity index (χ3n) is 3.02. The van der Waals surface area contributed by atoms with Crippen molar-refractivity contribution in [3.8, 4) is 5.75 Å². The Bertz CT molecular complexity index is 643. The number of carbonyl (C=O) groups is 1. The summed E-state index contributed by atoms with van der Waals surface area (Å²) >= 11 is 0. The topological polar surface area (TPSA) is 64.3 Å². The van der Waals surface area contributed by atoms with E-state index in [4.69, 9.17) is 10.5 Å². The summed E-state index contributed by atoms with van der Waals surface area (Å²) in [5.74, 6) is 0.610. The molecule has 0 fully saturated rings. The smallest absolute Gasteiger partial charge is 0.255 e. The number of ether oxygens (including phenoxy) is 1. The van der Waals surface area contributed by atoms with Crippen LogP contribution in [0.25, 0.3) is 0 Å². The first kappa shape index (κ1) is 16.0. The van der Waals surface area contributed by atoms with E-state index in [0.717, 1.165) is 17.0 Å². The molecular formula is C18H22N2O2. The van der Waals surface area contributed by atoms with Gasteiger partial charge in [0.25, 0.3) is 5.91 Å². The Balaban J connectivity index is 2.09. The predicted molar refractivity (Wildman–Crippen MR) is 89.1 cm³/mol. The van der Waals surface area contributed by atoms with E-state index in [-0.39, 0.29) is 11.5 Å². The molecule has 2 rings (SSSR count). The Morgan fingerprint density at radius 2 is 1.73 bits per heavy atom. The molecule has 0 saturated carbocycles. The van der Waals surface area contributed by atoms with Crippen LogP contribution >= 0.6 is 0 Å². The van der Waals surface area contributed by atoms with Crippen molar-refractivity contribution in [2.24, 2.45) is 5.73 Å². The van der Waals surface area contributed by atoms with Crippen molar-refractivity contribution in [2.45, 2.75) is 32.9 Å². The minimum absolute atomic E-state index is 0.162. The predicted octanol–water partition coefficient (Wildman–Crippen LogP) is 3.57. The van der Waals surface area contributed by atoms with Crippen molar-refractivity contribution >= 4 is 11.6 Å². The number of amides is 1. The van der Waals surface area contributed by atoms with Crippen LogP contribution < -0.4 is 15.8 Å². The second-order valence-corrected chi connectivity index (χ2v) is 6.05. The SMILES string of the molecule is CC(C)(C)Oc1ccc(NC(=O)c2ccccc2CN)cc1. The fourth-order valence-corrected chi connectivity index (χ4v) is 2.08. The van der Waals surface area contributed by atoms with Gasteiger partial charge in [-0.05, 0) is 56.7 Å². The van der Waals surface area contributed by atoms with Crippen LogP contribution in [0.1, 0.15) is 36.7 Å². The molecule has 4 nitrogen and oxygen atoms in total. The molecule has 116 valence electrons. The molecule has 0 aromatic heterocycles. The van der Waals surface area contributed by atoms with Gasteiger partial charge in [-0.25, -0.2) is 0 Å². The summed E-state index contributed by atoms with van der Waals surface area (Å²) in [5, 5.41) is 2.87. The molecule has 0 bridgehead atoms. The number of carbonyl (C=O) groups excluding carboxylic acids is 1. The molecule has 3 N–H and O–H groups in total. The van der Waals surface area contributed by atoms with Crippen molar-refractivity contribution in [1.29, 1.82) is 0 Å². The molecule has 22 heavy (non-hydrogen) atoms. The number of hydrogen-bond acceptors (Lipinski definition) is 3. The van der Waals surface area contributed by atoms with E-state index in [1.807, 2.05) is 63.2 Å². The summed E-state index contributed by atoms with van der Waals surface area (Å²) in [6, 6.07) is 14.7. The lowest BCUT2D eigenvalue weighted by atomic mass is 10.1. The Kier molecular flexibility index (Phi) is 4.83. The summed E-state index contributed by atoms with van der Waals surface area (Å²) < 4.78 is 5.75. The number of hydrogen-bond donors (Lipinski definition) is 2. The van der Waals surface area contributed by atoms with Crippen LogP contribution in [0.15, 0.2) is 48.5 Å². The number of nitrogens with two attached hydrogens (primary N) is 1. The zero-order chi connectivity index (χ0) is 16.2. The normalized spacial score (nSPS) is 11.1. The third kappa shape index (κ3) is 4.33. The fraction of sp³-hybridized carbons (Fsp3) is 0.278. The molecule has 1 amide bonds. The molecule has 0 spiro atoms. The largest absolute Gasteiger partial charge is 0.488 e. The quantitative estimate of drug-likeness (QED) is 0.907. The second-order valence-electron chi connectivity index (χ2n) is 6.05. The molecule has 0 unspecified atom stereocenters. The number of benzene rings is 2. The average molecular weight is 298 g/mol. The fourth-order valence-electron chi connectivity index (χ4n) is 2.08. The number of anilines is 1. The first-order valence-corrected chi connectivity index (χ1v) is 7.27. The van der Waals surface area contributed by atoms with Gasteiger partial charge in [-0.1, -0.05) is 18.2 Å². The average Bonchev–Trinajstić information content (AvgIpc) is 2.47. The van der Waals surface area contributed by atoms with Crippen molar-refractivity contribution in [3.63, 3.8) is 0 Å². The lowest BCUT2D eigenvalue weighted by molar-refractivity contribution is 0.102.